The zero-order valence-corrected chi connectivity index (χ0v) is 14.5. The Morgan fingerprint density at radius 1 is 1.23 bits per heavy atom. The van der Waals surface area contributed by atoms with E-state index in [1.165, 1.54) is 11.2 Å². The third-order valence-corrected chi connectivity index (χ3v) is 4.42. The smallest absolute Gasteiger partial charge is 0.325 e. The van der Waals surface area contributed by atoms with E-state index >= 15 is 0 Å². The maximum Gasteiger partial charge on any atom is 0.325 e. The molecule has 0 bridgehead atoms. The number of hydrogen-bond acceptors (Lipinski definition) is 4. The van der Waals surface area contributed by atoms with Crippen LogP contribution in [0.4, 0.5) is 4.79 Å². The number of carbonyl (C=O) groups excluding carboxylic acids is 3. The van der Waals surface area contributed by atoms with Crippen molar-refractivity contribution < 1.29 is 18.8 Å². The fourth-order valence-corrected chi connectivity index (χ4v) is 2.95. The van der Waals surface area contributed by atoms with E-state index in [1.807, 2.05) is 37.3 Å². The summed E-state index contributed by atoms with van der Waals surface area (Å²) in [7, 11) is 0. The Labute approximate surface area is 151 Å². The number of nitrogens with one attached hydrogen (secondary N) is 2. The van der Waals surface area contributed by atoms with Crippen molar-refractivity contribution in [2.24, 2.45) is 0 Å². The van der Waals surface area contributed by atoms with E-state index in [2.05, 4.69) is 10.6 Å². The average molecular weight is 355 g/mol. The first kappa shape index (κ1) is 17.7. The van der Waals surface area contributed by atoms with Crippen LogP contribution in [0.3, 0.4) is 0 Å². The lowest BCUT2D eigenvalue weighted by atomic mass is 10.1. The predicted molar refractivity (Wildman–Crippen MR) is 93.8 cm³/mol. The second kappa shape index (κ2) is 7.86. The van der Waals surface area contributed by atoms with Crippen LogP contribution in [-0.4, -0.2) is 28.8 Å². The highest BCUT2D eigenvalue weighted by atomic mass is 16.3. The topological polar surface area (TPSA) is 91.7 Å². The number of imide groups is 1. The van der Waals surface area contributed by atoms with Crippen LogP contribution in [0, 0.1) is 0 Å². The van der Waals surface area contributed by atoms with Gasteiger partial charge in [-0.2, -0.15) is 0 Å². The molecule has 1 aliphatic heterocycles. The maximum atomic E-state index is 12.6. The molecule has 1 aromatic carbocycles. The van der Waals surface area contributed by atoms with Crippen molar-refractivity contribution in [3.8, 4) is 0 Å². The number of rotatable bonds is 7. The van der Waals surface area contributed by atoms with Gasteiger partial charge in [-0.05, 0) is 31.0 Å². The molecule has 1 saturated heterocycles. The van der Waals surface area contributed by atoms with E-state index in [-0.39, 0.29) is 30.7 Å². The highest BCUT2D eigenvalue weighted by molar-refractivity contribution is 6.04. The molecule has 0 aliphatic carbocycles. The van der Waals surface area contributed by atoms with Crippen molar-refractivity contribution in [1.29, 1.82) is 0 Å². The second-order valence-electron chi connectivity index (χ2n) is 6.19. The molecular formula is C19H21N3O4. The Balaban J connectivity index is 1.52. The number of nitrogens with zero attached hydrogens (tertiary/aromatic N) is 1. The normalized spacial score (nSPS) is 17.9. The lowest BCUT2D eigenvalue weighted by Gasteiger charge is -2.21. The van der Waals surface area contributed by atoms with Crippen molar-refractivity contribution in [3.05, 3.63) is 60.1 Å². The summed E-state index contributed by atoms with van der Waals surface area (Å²) in [5.41, 5.74) is 0.882. The first-order valence-corrected chi connectivity index (χ1v) is 8.54. The van der Waals surface area contributed by atoms with Crippen molar-refractivity contribution in [1.82, 2.24) is 15.5 Å². The Morgan fingerprint density at radius 3 is 2.69 bits per heavy atom. The van der Waals surface area contributed by atoms with Crippen molar-refractivity contribution in [3.63, 3.8) is 0 Å². The van der Waals surface area contributed by atoms with Crippen LogP contribution in [0.5, 0.6) is 0 Å². The number of benzene rings is 1. The van der Waals surface area contributed by atoms with Gasteiger partial charge in [-0.15, -0.1) is 0 Å². The Kier molecular flexibility index (Phi) is 5.36. The highest BCUT2D eigenvalue weighted by Crippen LogP contribution is 2.25. The molecule has 0 radical (unpaired) electrons. The molecule has 1 aliphatic rings. The van der Waals surface area contributed by atoms with Gasteiger partial charge in [-0.3, -0.25) is 14.5 Å². The molecule has 0 spiro atoms. The standard InChI is InChI=1S/C19H21N3O4/c1-13(14-6-3-2-4-7-14)22-18(24)16(21-19(22)25)9-10-17(23)20-12-15-8-5-11-26-15/h2-8,11,13,16H,9-10,12H2,1H3,(H,20,23)(H,21,25)/t13-,16+/m0/s1. The fourth-order valence-electron chi connectivity index (χ4n) is 2.95. The van der Waals surface area contributed by atoms with Crippen molar-refractivity contribution in [2.45, 2.75) is 38.4 Å². The zero-order chi connectivity index (χ0) is 18.5. The highest BCUT2D eigenvalue weighted by Gasteiger charge is 2.40. The summed E-state index contributed by atoms with van der Waals surface area (Å²) in [4.78, 5) is 38.0. The van der Waals surface area contributed by atoms with Gasteiger partial charge in [-0.25, -0.2) is 4.79 Å². The summed E-state index contributed by atoms with van der Waals surface area (Å²) < 4.78 is 5.14. The number of hydrogen-bond donors (Lipinski definition) is 2. The van der Waals surface area contributed by atoms with Crippen LogP contribution >= 0.6 is 0 Å². The molecule has 3 rings (SSSR count). The first-order valence-electron chi connectivity index (χ1n) is 8.54. The molecule has 2 atom stereocenters. The average Bonchev–Trinajstić information content (AvgIpc) is 3.26. The molecule has 1 fully saturated rings. The van der Waals surface area contributed by atoms with Crippen LogP contribution < -0.4 is 10.6 Å². The molecule has 2 heterocycles. The molecule has 0 unspecified atom stereocenters. The van der Waals surface area contributed by atoms with Gasteiger partial charge in [0.05, 0.1) is 18.8 Å². The molecular weight excluding hydrogens is 334 g/mol. The maximum absolute atomic E-state index is 12.6. The Hall–Kier alpha value is -3.09. The van der Waals surface area contributed by atoms with Crippen molar-refractivity contribution >= 4 is 17.8 Å². The molecule has 2 N–H and O–H groups in total. The van der Waals surface area contributed by atoms with Crippen LogP contribution in [-0.2, 0) is 16.1 Å². The quantitative estimate of drug-likeness (QED) is 0.746. The molecule has 136 valence electrons. The summed E-state index contributed by atoms with van der Waals surface area (Å²) in [5.74, 6) is 0.162. The SMILES string of the molecule is C[C@@H](c1ccccc1)N1C(=O)N[C@H](CCC(=O)NCc2ccco2)C1=O. The van der Waals surface area contributed by atoms with Crippen LogP contribution in [0.1, 0.15) is 37.1 Å². The number of carbonyl (C=O) groups is 3. The van der Waals surface area contributed by atoms with Crippen molar-refractivity contribution in [2.75, 3.05) is 0 Å². The summed E-state index contributed by atoms with van der Waals surface area (Å²) in [6, 6.07) is 11.4. The Bertz CT molecular complexity index is 773. The second-order valence-corrected chi connectivity index (χ2v) is 6.19. The predicted octanol–water partition coefficient (Wildman–Crippen LogP) is 2.36. The molecule has 26 heavy (non-hydrogen) atoms. The summed E-state index contributed by atoms with van der Waals surface area (Å²) in [6.45, 7) is 2.11. The number of amides is 4. The van der Waals surface area contributed by atoms with Gasteiger partial charge in [0.25, 0.3) is 5.91 Å². The van der Waals surface area contributed by atoms with Gasteiger partial charge < -0.3 is 15.1 Å². The summed E-state index contributed by atoms with van der Waals surface area (Å²) in [6.07, 6.45) is 1.94. The van der Waals surface area contributed by atoms with Gasteiger partial charge in [-0.1, -0.05) is 30.3 Å². The van der Waals surface area contributed by atoms with Gasteiger partial charge >= 0.3 is 6.03 Å². The zero-order valence-electron chi connectivity index (χ0n) is 14.5. The summed E-state index contributed by atoms with van der Waals surface area (Å²) in [5, 5.41) is 5.39. The van der Waals surface area contributed by atoms with E-state index in [0.717, 1.165) is 5.56 Å². The largest absolute Gasteiger partial charge is 0.467 e. The minimum Gasteiger partial charge on any atom is -0.467 e. The molecule has 7 nitrogen and oxygen atoms in total. The van der Waals surface area contributed by atoms with Gasteiger partial charge in [0.2, 0.25) is 5.91 Å². The Morgan fingerprint density at radius 2 is 2.00 bits per heavy atom. The van der Waals surface area contributed by atoms with Crippen LogP contribution in [0.2, 0.25) is 0 Å². The third kappa shape index (κ3) is 3.93. The third-order valence-electron chi connectivity index (χ3n) is 4.42. The summed E-state index contributed by atoms with van der Waals surface area (Å²) >= 11 is 0. The minimum absolute atomic E-state index is 0.144. The van der Waals surface area contributed by atoms with E-state index in [9.17, 15) is 14.4 Å². The lowest BCUT2D eigenvalue weighted by Crippen LogP contribution is -2.34. The molecule has 7 heteroatoms. The van der Waals surface area contributed by atoms with E-state index in [4.69, 9.17) is 4.42 Å². The fraction of sp³-hybridized carbons (Fsp3) is 0.316. The molecule has 1 aromatic heterocycles. The molecule has 0 saturated carbocycles. The van der Waals surface area contributed by atoms with Crippen LogP contribution in [0.15, 0.2) is 53.1 Å². The van der Waals surface area contributed by atoms with E-state index < -0.39 is 12.1 Å². The van der Waals surface area contributed by atoms with Gasteiger partial charge in [0, 0.05) is 6.42 Å². The van der Waals surface area contributed by atoms with E-state index in [1.54, 1.807) is 12.1 Å². The monoisotopic (exact) mass is 355 g/mol. The number of urea groups is 1. The molecule has 2 aromatic rings. The molecule has 4 amide bonds. The lowest BCUT2D eigenvalue weighted by molar-refractivity contribution is -0.129. The van der Waals surface area contributed by atoms with E-state index in [0.29, 0.717) is 12.3 Å². The van der Waals surface area contributed by atoms with Crippen LogP contribution in [0.25, 0.3) is 0 Å². The van der Waals surface area contributed by atoms with Gasteiger partial charge in [0.1, 0.15) is 11.8 Å². The van der Waals surface area contributed by atoms with Gasteiger partial charge in [0.15, 0.2) is 0 Å². The first-order chi connectivity index (χ1) is 12.6. The minimum atomic E-state index is -0.678. The number of furan rings is 1.